The lowest BCUT2D eigenvalue weighted by atomic mass is 10.1. The van der Waals surface area contributed by atoms with E-state index in [4.69, 9.17) is 9.47 Å². The Balaban J connectivity index is 1.27. The summed E-state index contributed by atoms with van der Waals surface area (Å²) in [6.07, 6.45) is 0.738. The highest BCUT2D eigenvalue weighted by atomic mass is 32.2. The molecule has 1 fully saturated rings. The molecule has 2 aromatic carbocycles. The number of carbonyl (C=O) groups is 2. The number of anilines is 1. The largest absolute Gasteiger partial charge is 0.490 e. The number of thioether (sulfide) groups is 1. The number of rotatable bonds is 3. The summed E-state index contributed by atoms with van der Waals surface area (Å²) < 4.78 is 39.0. The molecule has 0 saturated carbocycles. The van der Waals surface area contributed by atoms with E-state index in [1.54, 1.807) is 23.1 Å². The first-order valence-electron chi connectivity index (χ1n) is 10.7. The number of piperazine rings is 1. The quantitative estimate of drug-likeness (QED) is 0.703. The van der Waals surface area contributed by atoms with Crippen LogP contribution < -0.4 is 14.8 Å². The van der Waals surface area contributed by atoms with E-state index in [0.717, 1.165) is 11.3 Å². The van der Waals surface area contributed by atoms with Gasteiger partial charge in [-0.05, 0) is 30.3 Å². The monoisotopic (exact) mass is 489 g/mol. The lowest BCUT2D eigenvalue weighted by Crippen LogP contribution is -2.50. The fourth-order valence-electron chi connectivity index (χ4n) is 3.98. The van der Waals surface area contributed by atoms with Crippen LogP contribution >= 0.6 is 11.8 Å². The first kappa shape index (κ1) is 22.1. The highest BCUT2D eigenvalue weighted by Crippen LogP contribution is 2.34. The zero-order valence-electron chi connectivity index (χ0n) is 17.8. The van der Waals surface area contributed by atoms with Crippen molar-refractivity contribution >= 4 is 39.3 Å². The summed E-state index contributed by atoms with van der Waals surface area (Å²) in [6, 6.07) is 9.92. The molecule has 2 amide bonds. The van der Waals surface area contributed by atoms with Gasteiger partial charge in [0.25, 0.3) is 5.91 Å². The van der Waals surface area contributed by atoms with Gasteiger partial charge >= 0.3 is 0 Å². The Bertz CT molecular complexity index is 1210. The van der Waals surface area contributed by atoms with Crippen LogP contribution in [0.1, 0.15) is 16.8 Å². The standard InChI is InChI=1S/C22H23N3O6S2/c26-21-14-32-20-5-2-15(12-17(20)23-21)22(27)24-6-8-25(9-7-24)33(28,29)16-3-4-18-19(13-16)31-11-1-10-30-18/h2-5,12-13H,1,6-11,14H2,(H,23,26). The van der Waals surface area contributed by atoms with Gasteiger partial charge in [-0.25, -0.2) is 8.42 Å². The molecule has 11 heteroatoms. The van der Waals surface area contributed by atoms with Crippen LogP contribution in [0.3, 0.4) is 0 Å². The SMILES string of the molecule is O=C1CSc2ccc(C(=O)N3CCN(S(=O)(=O)c4ccc5c(c4)OCCCO5)CC3)cc2N1. The first-order chi connectivity index (χ1) is 15.9. The number of benzene rings is 2. The number of nitrogens with zero attached hydrogens (tertiary/aromatic N) is 2. The van der Waals surface area contributed by atoms with Crippen LogP contribution in [0.2, 0.25) is 0 Å². The molecule has 0 aromatic heterocycles. The Hall–Kier alpha value is -2.76. The minimum atomic E-state index is -3.73. The number of hydrogen-bond donors (Lipinski definition) is 1. The van der Waals surface area contributed by atoms with E-state index in [2.05, 4.69) is 5.32 Å². The van der Waals surface area contributed by atoms with Gasteiger partial charge < -0.3 is 19.7 Å². The van der Waals surface area contributed by atoms with Crippen molar-refractivity contribution in [1.29, 1.82) is 0 Å². The smallest absolute Gasteiger partial charge is 0.254 e. The average molecular weight is 490 g/mol. The van der Waals surface area contributed by atoms with Gasteiger partial charge in [-0.3, -0.25) is 9.59 Å². The van der Waals surface area contributed by atoms with Gasteiger partial charge in [-0.1, -0.05) is 0 Å². The lowest BCUT2D eigenvalue weighted by molar-refractivity contribution is -0.113. The Kier molecular flexibility index (Phi) is 5.94. The maximum atomic E-state index is 13.2. The fourth-order valence-corrected chi connectivity index (χ4v) is 6.21. The molecule has 33 heavy (non-hydrogen) atoms. The maximum absolute atomic E-state index is 13.2. The summed E-state index contributed by atoms with van der Waals surface area (Å²) in [5.41, 5.74) is 1.11. The molecular weight excluding hydrogens is 466 g/mol. The molecule has 3 heterocycles. The van der Waals surface area contributed by atoms with Crippen molar-refractivity contribution in [3.63, 3.8) is 0 Å². The van der Waals surface area contributed by atoms with E-state index >= 15 is 0 Å². The van der Waals surface area contributed by atoms with Crippen LogP contribution in [-0.4, -0.2) is 74.6 Å². The predicted molar refractivity (Wildman–Crippen MR) is 123 cm³/mol. The topological polar surface area (TPSA) is 105 Å². The van der Waals surface area contributed by atoms with E-state index in [9.17, 15) is 18.0 Å². The number of carbonyl (C=O) groups excluding carboxylic acids is 2. The highest BCUT2D eigenvalue weighted by molar-refractivity contribution is 8.00. The van der Waals surface area contributed by atoms with Crippen LogP contribution in [-0.2, 0) is 14.8 Å². The Morgan fingerprint density at radius 2 is 1.73 bits per heavy atom. The van der Waals surface area contributed by atoms with E-state index < -0.39 is 10.0 Å². The van der Waals surface area contributed by atoms with Crippen LogP contribution in [0.15, 0.2) is 46.2 Å². The van der Waals surface area contributed by atoms with Gasteiger partial charge in [0, 0.05) is 49.1 Å². The van der Waals surface area contributed by atoms with Gasteiger partial charge in [0.2, 0.25) is 15.9 Å². The molecule has 3 aliphatic rings. The van der Waals surface area contributed by atoms with Crippen LogP contribution in [0, 0.1) is 0 Å². The van der Waals surface area contributed by atoms with E-state index in [1.165, 1.54) is 28.2 Å². The number of fused-ring (bicyclic) bond motifs is 2. The van der Waals surface area contributed by atoms with Crippen molar-refractivity contribution in [1.82, 2.24) is 9.21 Å². The van der Waals surface area contributed by atoms with Gasteiger partial charge in [0.05, 0.1) is 29.5 Å². The molecule has 174 valence electrons. The third kappa shape index (κ3) is 4.40. The zero-order chi connectivity index (χ0) is 23.0. The molecule has 0 bridgehead atoms. The van der Waals surface area contributed by atoms with Gasteiger partial charge in [-0.15, -0.1) is 11.8 Å². The molecule has 9 nitrogen and oxygen atoms in total. The molecule has 5 rings (SSSR count). The number of ether oxygens (including phenoxy) is 2. The Labute approximate surface area is 196 Å². The predicted octanol–water partition coefficient (Wildman–Crippen LogP) is 2.04. The summed E-state index contributed by atoms with van der Waals surface area (Å²) in [4.78, 5) is 27.4. The second-order valence-corrected chi connectivity index (χ2v) is 10.9. The third-order valence-corrected chi connectivity index (χ3v) is 8.71. The molecule has 0 spiro atoms. The Morgan fingerprint density at radius 3 is 2.52 bits per heavy atom. The summed E-state index contributed by atoms with van der Waals surface area (Å²) in [6.45, 7) is 1.95. The highest BCUT2D eigenvalue weighted by Gasteiger charge is 2.31. The van der Waals surface area contributed by atoms with E-state index in [0.29, 0.717) is 41.7 Å². The summed E-state index contributed by atoms with van der Waals surface area (Å²) in [7, 11) is -3.73. The van der Waals surface area contributed by atoms with Crippen LogP contribution in [0.4, 0.5) is 5.69 Å². The van der Waals surface area contributed by atoms with E-state index in [1.807, 2.05) is 6.07 Å². The molecule has 0 radical (unpaired) electrons. The molecule has 1 saturated heterocycles. The van der Waals surface area contributed by atoms with Gasteiger partial charge in [0.1, 0.15) is 0 Å². The zero-order valence-corrected chi connectivity index (χ0v) is 19.4. The van der Waals surface area contributed by atoms with Crippen molar-refractivity contribution in [2.75, 3.05) is 50.5 Å². The third-order valence-electron chi connectivity index (χ3n) is 5.74. The van der Waals surface area contributed by atoms with Crippen molar-refractivity contribution in [2.24, 2.45) is 0 Å². The first-order valence-corrected chi connectivity index (χ1v) is 13.1. The van der Waals surface area contributed by atoms with Crippen molar-refractivity contribution in [3.8, 4) is 11.5 Å². The fraction of sp³-hybridized carbons (Fsp3) is 0.364. The maximum Gasteiger partial charge on any atom is 0.254 e. The molecule has 3 aliphatic heterocycles. The number of sulfonamides is 1. The second-order valence-electron chi connectivity index (χ2n) is 7.90. The van der Waals surface area contributed by atoms with Crippen molar-refractivity contribution in [3.05, 3.63) is 42.0 Å². The summed E-state index contributed by atoms with van der Waals surface area (Å²) in [5, 5.41) is 2.79. The summed E-state index contributed by atoms with van der Waals surface area (Å²) >= 11 is 1.44. The molecule has 1 N–H and O–H groups in total. The normalized spacial score (nSPS) is 18.8. The average Bonchev–Trinajstić information content (AvgIpc) is 3.08. The van der Waals surface area contributed by atoms with Gasteiger partial charge in [-0.2, -0.15) is 4.31 Å². The second kappa shape index (κ2) is 8.88. The van der Waals surface area contributed by atoms with Crippen LogP contribution in [0.5, 0.6) is 11.5 Å². The lowest BCUT2D eigenvalue weighted by Gasteiger charge is -2.34. The van der Waals surface area contributed by atoms with Crippen molar-refractivity contribution < 1.29 is 27.5 Å². The Morgan fingerprint density at radius 1 is 0.970 bits per heavy atom. The molecule has 0 atom stereocenters. The number of amides is 2. The van der Waals surface area contributed by atoms with Crippen LogP contribution in [0.25, 0.3) is 0 Å². The number of hydrogen-bond acceptors (Lipinski definition) is 7. The minimum Gasteiger partial charge on any atom is -0.490 e. The van der Waals surface area contributed by atoms with Gasteiger partial charge in [0.15, 0.2) is 11.5 Å². The molecular formula is C22H23N3O6S2. The number of nitrogens with one attached hydrogen (secondary N) is 1. The molecule has 0 aliphatic carbocycles. The van der Waals surface area contributed by atoms with Crippen molar-refractivity contribution in [2.45, 2.75) is 16.2 Å². The summed E-state index contributed by atoms with van der Waals surface area (Å²) in [5.74, 6) is 1.06. The van der Waals surface area contributed by atoms with E-state index in [-0.39, 0.29) is 42.9 Å². The molecule has 2 aromatic rings. The minimum absolute atomic E-state index is 0.0920. The molecule has 0 unspecified atom stereocenters.